The van der Waals surface area contributed by atoms with Crippen molar-refractivity contribution in [1.82, 2.24) is 0 Å². The molecule has 1 atom stereocenters. The van der Waals surface area contributed by atoms with Gasteiger partial charge in [-0.3, -0.25) is 4.90 Å². The van der Waals surface area contributed by atoms with Crippen LogP contribution in [0.2, 0.25) is 39.3 Å². The average Bonchev–Trinajstić information content (AvgIpc) is 3.10. The third-order valence-electron chi connectivity index (χ3n) is 10.4. The third-order valence-corrected chi connectivity index (χ3v) is 48.0. The van der Waals surface area contributed by atoms with Gasteiger partial charge >= 0.3 is 6.03 Å². The first-order chi connectivity index (χ1) is 17.0. The highest BCUT2D eigenvalue weighted by Gasteiger charge is 2.76. The number of hydrogen-bond donors (Lipinski definition) is 0. The second-order valence-corrected chi connectivity index (χ2v) is 41.2. The Morgan fingerprint density at radius 1 is 0.694 bits per heavy atom. The van der Waals surface area contributed by atoms with E-state index in [4.69, 9.17) is 0 Å². The Hall–Kier alpha value is -1.64. The molecular weight excluding hydrogens is 489 g/mol. The largest absolute Gasteiger partial charge is 0.325 e. The van der Waals surface area contributed by atoms with Crippen LogP contribution in [0.15, 0.2) is 60.7 Å². The zero-order chi connectivity index (χ0) is 25.5. The van der Waals surface area contributed by atoms with Gasteiger partial charge in [-0.25, -0.2) is 4.79 Å². The number of carbonyl (C=O) groups is 1. The van der Waals surface area contributed by atoms with Gasteiger partial charge in [-0.05, 0) is 86.0 Å². The van der Waals surface area contributed by atoms with E-state index in [-0.39, 0.29) is 11.4 Å². The van der Waals surface area contributed by atoms with E-state index >= 15 is 4.79 Å². The first-order valence-electron chi connectivity index (χ1n) is 14.2. The second-order valence-electron chi connectivity index (χ2n) is 14.6. The van der Waals surface area contributed by atoms with Crippen LogP contribution in [-0.4, -0.2) is 34.1 Å². The maximum absolute atomic E-state index is 15.0. The molecule has 3 nitrogen and oxygen atoms in total. The SMILES string of the molecule is C[Si](C)(C)[Si]1([Si](C)(C)C)C(C23CC4CC(CC(C4)C2)C3)N(c2ccccc2)C(=O)N1c1ccccc1. The molecule has 0 spiro atoms. The minimum Gasteiger partial charge on any atom is -0.325 e. The molecule has 2 amide bonds. The van der Waals surface area contributed by atoms with Gasteiger partial charge in [0, 0.05) is 11.4 Å². The maximum atomic E-state index is 15.0. The number of urea groups is 1. The van der Waals surface area contributed by atoms with Gasteiger partial charge in [0.1, 0.15) is 0 Å². The van der Waals surface area contributed by atoms with Gasteiger partial charge in [0.25, 0.3) is 0 Å². The fraction of sp³-hybridized carbons (Fsp3) is 0.567. The molecule has 0 N–H and O–H groups in total. The van der Waals surface area contributed by atoms with Crippen molar-refractivity contribution in [2.75, 3.05) is 9.47 Å². The fourth-order valence-corrected chi connectivity index (χ4v) is 58.5. The molecule has 0 aromatic heterocycles. The number of nitrogens with zero attached hydrogens (tertiary/aromatic N) is 2. The van der Waals surface area contributed by atoms with E-state index in [9.17, 15) is 0 Å². The lowest BCUT2D eigenvalue weighted by atomic mass is 9.49. The standard InChI is InChI=1S/C30H44N2OSi3/c1-34(2,3)36(35(4,5)6)28(30-20-23-17-24(21-30)19-25(18-23)22-30)31(26-13-9-7-10-14-26)29(33)32(36)27-15-11-8-12-16-27/h7-16,23-25,28H,17-22H2,1-6H3. The molecule has 7 rings (SSSR count). The fourth-order valence-electron chi connectivity index (χ4n) is 10.3. The van der Waals surface area contributed by atoms with Crippen LogP contribution in [0, 0.1) is 23.2 Å². The maximum Gasteiger partial charge on any atom is 0.320 e. The molecule has 1 saturated heterocycles. The van der Waals surface area contributed by atoms with Gasteiger partial charge < -0.3 is 4.57 Å². The monoisotopic (exact) mass is 532 g/mol. The molecule has 4 bridgehead atoms. The summed E-state index contributed by atoms with van der Waals surface area (Å²) in [5.74, 6) is 2.64. The van der Waals surface area contributed by atoms with Crippen molar-refractivity contribution in [2.24, 2.45) is 23.2 Å². The zero-order valence-corrected chi connectivity index (χ0v) is 26.1. The summed E-state index contributed by atoms with van der Waals surface area (Å²) in [7, 11) is -5.99. The summed E-state index contributed by atoms with van der Waals surface area (Å²) in [6, 6.07) is 21.9. The topological polar surface area (TPSA) is 23.6 Å². The number of amides is 2. The van der Waals surface area contributed by atoms with Gasteiger partial charge in [-0.15, -0.1) is 0 Å². The van der Waals surface area contributed by atoms with E-state index < -0.39 is 22.5 Å². The molecular formula is C30H44N2OSi3. The molecule has 0 radical (unpaired) electrons. The summed E-state index contributed by atoms with van der Waals surface area (Å²) < 4.78 is 2.52. The zero-order valence-electron chi connectivity index (χ0n) is 23.1. The molecule has 1 aliphatic heterocycles. The minimum absolute atomic E-state index is 0.282. The van der Waals surface area contributed by atoms with Crippen molar-refractivity contribution >= 4 is 39.9 Å². The number of benzene rings is 2. The van der Waals surface area contributed by atoms with E-state index in [0.29, 0.717) is 5.67 Å². The molecule has 6 heteroatoms. The molecule has 1 unspecified atom stereocenters. The van der Waals surface area contributed by atoms with Crippen molar-refractivity contribution < 1.29 is 4.79 Å². The molecule has 5 aliphatic rings. The van der Waals surface area contributed by atoms with Gasteiger partial charge in [0.05, 0.1) is 20.8 Å². The van der Waals surface area contributed by atoms with Crippen LogP contribution < -0.4 is 9.47 Å². The van der Waals surface area contributed by atoms with Crippen LogP contribution >= 0.6 is 0 Å². The lowest BCUT2D eigenvalue weighted by molar-refractivity contribution is -0.0543. The van der Waals surface area contributed by atoms with Gasteiger partial charge in [0.15, 0.2) is 7.27 Å². The lowest BCUT2D eigenvalue weighted by Gasteiger charge is -2.65. The van der Waals surface area contributed by atoms with Crippen LogP contribution in [0.4, 0.5) is 16.2 Å². The highest BCUT2D eigenvalue weighted by Crippen LogP contribution is 2.66. The predicted molar refractivity (Wildman–Crippen MR) is 160 cm³/mol. The first kappa shape index (κ1) is 24.7. The van der Waals surface area contributed by atoms with Crippen LogP contribution in [0.1, 0.15) is 38.5 Å². The van der Waals surface area contributed by atoms with E-state index in [1.54, 1.807) is 0 Å². The highest BCUT2D eigenvalue weighted by atomic mass is 29.6. The predicted octanol–water partition coefficient (Wildman–Crippen LogP) is 8.04. The van der Waals surface area contributed by atoms with Crippen LogP contribution in [0.25, 0.3) is 0 Å². The molecule has 5 fully saturated rings. The number of anilines is 2. The number of para-hydroxylation sites is 2. The third kappa shape index (κ3) is 3.36. The Kier molecular flexibility index (Phi) is 5.61. The van der Waals surface area contributed by atoms with Crippen molar-refractivity contribution in [3.63, 3.8) is 0 Å². The Labute approximate surface area is 221 Å². The normalized spacial score (nSPS) is 33.4. The summed E-state index contributed by atoms with van der Waals surface area (Å²) in [5, 5.41) is 0. The Balaban J connectivity index is 1.67. The minimum atomic E-state index is -2.34. The second kappa shape index (κ2) is 8.18. The quantitative estimate of drug-likeness (QED) is 0.357. The highest BCUT2D eigenvalue weighted by molar-refractivity contribution is 7.71. The summed E-state index contributed by atoms with van der Waals surface area (Å²) in [4.78, 5) is 17.5. The lowest BCUT2D eigenvalue weighted by Crippen LogP contribution is -2.86. The molecule has 36 heavy (non-hydrogen) atoms. The number of rotatable bonds is 5. The van der Waals surface area contributed by atoms with Crippen molar-refractivity contribution in [3.8, 4) is 0 Å². The summed E-state index contributed by atoms with van der Waals surface area (Å²) in [6.45, 7) is 15.8. The van der Waals surface area contributed by atoms with Gasteiger partial charge in [0.2, 0.25) is 0 Å². The Morgan fingerprint density at radius 2 is 1.11 bits per heavy atom. The van der Waals surface area contributed by atoms with Crippen LogP contribution in [0.5, 0.6) is 0 Å². The van der Waals surface area contributed by atoms with Gasteiger partial charge in [-0.2, -0.15) is 0 Å². The Morgan fingerprint density at radius 3 is 1.53 bits per heavy atom. The van der Waals surface area contributed by atoms with E-state index in [1.807, 2.05) is 0 Å². The van der Waals surface area contributed by atoms with Crippen LogP contribution in [0.3, 0.4) is 0 Å². The molecule has 192 valence electrons. The number of hydrogen-bond acceptors (Lipinski definition) is 1. The Bertz CT molecular complexity index is 1090. The van der Waals surface area contributed by atoms with Crippen molar-refractivity contribution in [3.05, 3.63) is 60.7 Å². The number of carbonyl (C=O) groups excluding carboxylic acids is 1. The smallest absolute Gasteiger partial charge is 0.320 e. The molecule has 2 aromatic rings. The van der Waals surface area contributed by atoms with E-state index in [2.05, 4.69) is 109 Å². The van der Waals surface area contributed by atoms with E-state index in [1.165, 1.54) is 38.5 Å². The first-order valence-corrected chi connectivity index (χ1v) is 25.2. The molecule has 1 heterocycles. The summed E-state index contributed by atoms with van der Waals surface area (Å²) >= 11 is 0. The molecule has 4 aliphatic carbocycles. The average molecular weight is 533 g/mol. The van der Waals surface area contributed by atoms with Crippen LogP contribution in [-0.2, 0) is 0 Å². The molecule has 2 aromatic carbocycles. The summed E-state index contributed by atoms with van der Waals surface area (Å²) in [5.41, 5.74) is 2.96. The van der Waals surface area contributed by atoms with E-state index in [0.717, 1.165) is 29.1 Å². The van der Waals surface area contributed by atoms with Gasteiger partial charge in [-0.1, -0.05) is 75.7 Å². The van der Waals surface area contributed by atoms with Crippen molar-refractivity contribution in [1.29, 1.82) is 0 Å². The molecule has 4 saturated carbocycles. The van der Waals surface area contributed by atoms with Crippen molar-refractivity contribution in [2.45, 2.75) is 83.5 Å². The summed E-state index contributed by atoms with van der Waals surface area (Å²) in [6.07, 6.45) is 8.40.